The maximum atomic E-state index is 5.75. The third-order valence-corrected chi connectivity index (χ3v) is 3.28. The first-order valence-corrected chi connectivity index (χ1v) is 6.41. The Balaban J connectivity index is 2.04. The summed E-state index contributed by atoms with van der Waals surface area (Å²) in [6.07, 6.45) is 2.82. The molecule has 0 saturated carbocycles. The maximum absolute atomic E-state index is 5.75. The van der Waals surface area contributed by atoms with Crippen molar-refractivity contribution < 1.29 is 4.74 Å². The molecule has 2 atom stereocenters. The van der Waals surface area contributed by atoms with Crippen LogP contribution in [0.2, 0.25) is 0 Å². The van der Waals surface area contributed by atoms with Crippen molar-refractivity contribution in [2.24, 2.45) is 0 Å². The van der Waals surface area contributed by atoms with Crippen LogP contribution in [-0.4, -0.2) is 23.2 Å². The molecule has 0 radical (unpaired) electrons. The molecule has 0 aliphatic carbocycles. The zero-order valence-corrected chi connectivity index (χ0v) is 11.2. The number of anilines is 1. The van der Waals surface area contributed by atoms with E-state index in [-0.39, 0.29) is 0 Å². The number of rotatable bonds is 2. The lowest BCUT2D eigenvalue weighted by Gasteiger charge is -2.33. The summed E-state index contributed by atoms with van der Waals surface area (Å²) in [6.45, 7) is 8.37. The Hall–Kier alpha value is -1.09. The Bertz CT molecular complexity index is 382. The lowest BCUT2D eigenvalue weighted by molar-refractivity contribution is -0.0337. The number of hydrogen-bond donors (Lipinski definition) is 1. The van der Waals surface area contributed by atoms with E-state index < -0.39 is 0 Å². The Kier molecular flexibility index (Phi) is 3.67. The molecule has 2 rings (SSSR count). The molecular formula is C14H22N2O. The van der Waals surface area contributed by atoms with E-state index in [1.807, 2.05) is 6.92 Å². The first-order chi connectivity index (χ1) is 8.04. The fourth-order valence-electron chi connectivity index (χ4n) is 2.58. The number of aryl methyl sites for hydroxylation is 2. The van der Waals surface area contributed by atoms with Crippen LogP contribution in [0.3, 0.4) is 0 Å². The SMILES string of the molecule is Cc1ccc(NC2CC(C)OC(C)C2)c(C)n1. The number of nitrogens with one attached hydrogen (secondary N) is 1. The fraction of sp³-hybridized carbons (Fsp3) is 0.643. The van der Waals surface area contributed by atoms with E-state index in [0.717, 1.165) is 29.9 Å². The second kappa shape index (κ2) is 5.05. The van der Waals surface area contributed by atoms with Gasteiger partial charge < -0.3 is 10.1 Å². The van der Waals surface area contributed by atoms with Crippen LogP contribution >= 0.6 is 0 Å². The molecule has 1 fully saturated rings. The van der Waals surface area contributed by atoms with Crippen molar-refractivity contribution in [3.05, 3.63) is 23.5 Å². The van der Waals surface area contributed by atoms with Gasteiger partial charge in [0, 0.05) is 11.7 Å². The number of aromatic nitrogens is 1. The first-order valence-electron chi connectivity index (χ1n) is 6.41. The molecule has 0 aromatic carbocycles. The third kappa shape index (κ3) is 3.19. The Morgan fingerprint density at radius 3 is 2.41 bits per heavy atom. The van der Waals surface area contributed by atoms with E-state index in [1.54, 1.807) is 0 Å². The van der Waals surface area contributed by atoms with E-state index >= 15 is 0 Å². The van der Waals surface area contributed by atoms with Crippen molar-refractivity contribution in [2.75, 3.05) is 5.32 Å². The van der Waals surface area contributed by atoms with Crippen LogP contribution < -0.4 is 5.32 Å². The summed E-state index contributed by atoms with van der Waals surface area (Å²) in [5.41, 5.74) is 3.31. The van der Waals surface area contributed by atoms with E-state index in [9.17, 15) is 0 Å². The molecule has 1 aliphatic heterocycles. The summed E-state index contributed by atoms with van der Waals surface area (Å²) in [7, 11) is 0. The molecule has 0 spiro atoms. The highest BCUT2D eigenvalue weighted by molar-refractivity contribution is 5.48. The molecule has 3 nitrogen and oxygen atoms in total. The average Bonchev–Trinajstić information content (AvgIpc) is 2.21. The number of nitrogens with zero attached hydrogens (tertiary/aromatic N) is 1. The van der Waals surface area contributed by atoms with Gasteiger partial charge in [-0.3, -0.25) is 4.98 Å². The zero-order chi connectivity index (χ0) is 12.4. The second-order valence-electron chi connectivity index (χ2n) is 5.16. The highest BCUT2D eigenvalue weighted by Crippen LogP contribution is 2.23. The van der Waals surface area contributed by atoms with E-state index in [2.05, 4.69) is 43.2 Å². The van der Waals surface area contributed by atoms with Crippen LogP contribution in [0.15, 0.2) is 12.1 Å². The van der Waals surface area contributed by atoms with Crippen molar-refractivity contribution in [3.63, 3.8) is 0 Å². The van der Waals surface area contributed by atoms with Gasteiger partial charge in [0.25, 0.3) is 0 Å². The number of ether oxygens (including phenoxy) is 1. The lowest BCUT2D eigenvalue weighted by atomic mass is 9.99. The summed E-state index contributed by atoms with van der Waals surface area (Å²) in [4.78, 5) is 4.48. The highest BCUT2D eigenvalue weighted by Gasteiger charge is 2.24. The van der Waals surface area contributed by atoms with Crippen LogP contribution in [0.5, 0.6) is 0 Å². The largest absolute Gasteiger partial charge is 0.381 e. The topological polar surface area (TPSA) is 34.1 Å². The molecule has 2 heterocycles. The molecule has 0 bridgehead atoms. The van der Waals surface area contributed by atoms with E-state index in [1.165, 1.54) is 0 Å². The van der Waals surface area contributed by atoms with Gasteiger partial charge in [-0.15, -0.1) is 0 Å². The predicted octanol–water partition coefficient (Wildman–Crippen LogP) is 3.07. The summed E-state index contributed by atoms with van der Waals surface area (Å²) >= 11 is 0. The Labute approximate surface area is 104 Å². The normalized spacial score (nSPS) is 29.1. The maximum Gasteiger partial charge on any atom is 0.0606 e. The van der Waals surface area contributed by atoms with Gasteiger partial charge in [0.2, 0.25) is 0 Å². The van der Waals surface area contributed by atoms with Crippen molar-refractivity contribution in [1.29, 1.82) is 0 Å². The summed E-state index contributed by atoms with van der Waals surface area (Å²) in [5, 5.41) is 3.59. The van der Waals surface area contributed by atoms with Gasteiger partial charge in [0.1, 0.15) is 0 Å². The molecule has 1 aliphatic rings. The van der Waals surface area contributed by atoms with E-state index in [0.29, 0.717) is 18.2 Å². The van der Waals surface area contributed by atoms with Crippen LogP contribution in [0.4, 0.5) is 5.69 Å². The summed E-state index contributed by atoms with van der Waals surface area (Å²) in [6, 6.07) is 4.68. The number of pyridine rings is 1. The van der Waals surface area contributed by atoms with Crippen molar-refractivity contribution in [2.45, 2.75) is 58.8 Å². The van der Waals surface area contributed by atoms with Crippen LogP contribution in [0.1, 0.15) is 38.1 Å². The van der Waals surface area contributed by atoms with Gasteiger partial charge in [-0.2, -0.15) is 0 Å². The fourth-order valence-corrected chi connectivity index (χ4v) is 2.58. The van der Waals surface area contributed by atoms with Crippen LogP contribution in [-0.2, 0) is 4.74 Å². The zero-order valence-electron chi connectivity index (χ0n) is 11.2. The molecule has 2 unspecified atom stereocenters. The molecule has 0 amide bonds. The molecule has 94 valence electrons. The second-order valence-corrected chi connectivity index (χ2v) is 5.16. The summed E-state index contributed by atoms with van der Waals surface area (Å²) < 4.78 is 5.75. The number of hydrogen-bond acceptors (Lipinski definition) is 3. The van der Waals surface area contributed by atoms with Crippen LogP contribution in [0.25, 0.3) is 0 Å². The quantitative estimate of drug-likeness (QED) is 0.854. The predicted molar refractivity (Wildman–Crippen MR) is 70.4 cm³/mol. The minimum atomic E-state index is 0.343. The molecule has 17 heavy (non-hydrogen) atoms. The van der Waals surface area contributed by atoms with Gasteiger partial charge >= 0.3 is 0 Å². The van der Waals surface area contributed by atoms with Gasteiger partial charge in [0.05, 0.1) is 23.6 Å². The third-order valence-electron chi connectivity index (χ3n) is 3.28. The van der Waals surface area contributed by atoms with Crippen LogP contribution in [0, 0.1) is 13.8 Å². The molecule has 3 heteroatoms. The minimum Gasteiger partial charge on any atom is -0.381 e. The smallest absolute Gasteiger partial charge is 0.0606 e. The molecule has 1 N–H and O–H groups in total. The molecule has 1 aromatic rings. The lowest BCUT2D eigenvalue weighted by Crippen LogP contribution is -2.37. The van der Waals surface area contributed by atoms with E-state index in [4.69, 9.17) is 4.74 Å². The standard InChI is InChI=1S/C14H22N2O/c1-9-5-6-14(12(4)15-9)16-13-7-10(2)17-11(3)8-13/h5-6,10-11,13,16H,7-8H2,1-4H3. The summed E-state index contributed by atoms with van der Waals surface area (Å²) in [5.74, 6) is 0. The molecule has 1 saturated heterocycles. The first kappa shape index (κ1) is 12.4. The molecular weight excluding hydrogens is 212 g/mol. The Morgan fingerprint density at radius 1 is 1.18 bits per heavy atom. The van der Waals surface area contributed by atoms with Gasteiger partial charge in [-0.1, -0.05) is 0 Å². The van der Waals surface area contributed by atoms with Crippen molar-refractivity contribution >= 4 is 5.69 Å². The average molecular weight is 234 g/mol. The van der Waals surface area contributed by atoms with Gasteiger partial charge in [-0.05, 0) is 52.7 Å². The minimum absolute atomic E-state index is 0.343. The monoisotopic (exact) mass is 234 g/mol. The van der Waals surface area contributed by atoms with Gasteiger partial charge in [0.15, 0.2) is 0 Å². The van der Waals surface area contributed by atoms with Crippen molar-refractivity contribution in [3.8, 4) is 0 Å². The Morgan fingerprint density at radius 2 is 1.82 bits per heavy atom. The van der Waals surface area contributed by atoms with Gasteiger partial charge in [-0.25, -0.2) is 0 Å². The van der Waals surface area contributed by atoms with Crippen molar-refractivity contribution in [1.82, 2.24) is 4.98 Å². The highest BCUT2D eigenvalue weighted by atomic mass is 16.5. The molecule has 1 aromatic heterocycles.